The van der Waals surface area contributed by atoms with Gasteiger partial charge < -0.3 is 14.8 Å². The minimum atomic E-state index is -0.696. The second-order valence-electron chi connectivity index (χ2n) is 7.52. The Morgan fingerprint density at radius 1 is 0.909 bits per heavy atom. The molecule has 0 saturated heterocycles. The van der Waals surface area contributed by atoms with Crippen LogP contribution in [0.4, 0.5) is 8.78 Å². The van der Waals surface area contributed by atoms with Gasteiger partial charge in [-0.2, -0.15) is 5.10 Å². The molecule has 6 nitrogen and oxygen atoms in total. The zero-order valence-corrected chi connectivity index (χ0v) is 17.4. The number of nitrogens with one attached hydrogen (secondary N) is 2. The van der Waals surface area contributed by atoms with Crippen LogP contribution in [0.25, 0.3) is 22.5 Å². The van der Waals surface area contributed by atoms with E-state index in [0.717, 1.165) is 40.4 Å². The highest BCUT2D eigenvalue weighted by atomic mass is 19.1. The van der Waals surface area contributed by atoms with Crippen LogP contribution in [0.2, 0.25) is 0 Å². The largest absolute Gasteiger partial charge is 0.486 e. The lowest BCUT2D eigenvalue weighted by atomic mass is 10.1. The van der Waals surface area contributed by atoms with Crippen molar-refractivity contribution in [3.05, 3.63) is 89.5 Å². The number of halogens is 2. The summed E-state index contributed by atoms with van der Waals surface area (Å²) in [7, 11) is 0. The molecule has 33 heavy (non-hydrogen) atoms. The van der Waals surface area contributed by atoms with Crippen molar-refractivity contribution in [2.24, 2.45) is 0 Å². The number of carbonyl (C=O) groups is 1. The Labute approximate surface area is 188 Å². The number of fused-ring (bicyclic) bond motifs is 1. The minimum Gasteiger partial charge on any atom is -0.486 e. The molecule has 1 aromatic heterocycles. The summed E-state index contributed by atoms with van der Waals surface area (Å²) in [6, 6.07) is 17.8. The highest BCUT2D eigenvalue weighted by molar-refractivity contribution is 5.94. The van der Waals surface area contributed by atoms with E-state index in [1.54, 1.807) is 24.3 Å². The highest BCUT2D eigenvalue weighted by Crippen LogP contribution is 2.34. The molecule has 0 fully saturated rings. The first-order valence-corrected chi connectivity index (χ1v) is 10.3. The van der Waals surface area contributed by atoms with Crippen molar-refractivity contribution < 1.29 is 23.0 Å². The van der Waals surface area contributed by atoms with Gasteiger partial charge in [-0.15, -0.1) is 0 Å². The lowest BCUT2D eigenvalue weighted by Gasteiger charge is -2.18. The van der Waals surface area contributed by atoms with Crippen LogP contribution in [0, 0.1) is 11.6 Å². The number of hydrogen-bond acceptors (Lipinski definition) is 4. The van der Waals surface area contributed by atoms with Crippen LogP contribution in [-0.2, 0) is 6.54 Å². The maximum absolute atomic E-state index is 13.7. The molecular formula is C25H19F2N3O3. The Kier molecular flexibility index (Phi) is 5.48. The molecule has 5 rings (SSSR count). The lowest BCUT2D eigenvalue weighted by Crippen LogP contribution is -2.23. The van der Waals surface area contributed by atoms with Crippen LogP contribution in [0.5, 0.6) is 11.5 Å². The second-order valence-corrected chi connectivity index (χ2v) is 7.52. The Balaban J connectivity index is 1.27. The maximum atomic E-state index is 13.7. The smallest absolute Gasteiger partial charge is 0.251 e. The van der Waals surface area contributed by atoms with E-state index in [9.17, 15) is 13.6 Å². The molecule has 0 spiro atoms. The van der Waals surface area contributed by atoms with E-state index in [1.807, 2.05) is 24.3 Å². The van der Waals surface area contributed by atoms with E-state index in [0.29, 0.717) is 24.5 Å². The summed E-state index contributed by atoms with van der Waals surface area (Å²) in [6.45, 7) is 1.02. The third-order valence-corrected chi connectivity index (χ3v) is 5.33. The third kappa shape index (κ3) is 4.41. The Morgan fingerprint density at radius 3 is 2.45 bits per heavy atom. The first-order chi connectivity index (χ1) is 16.1. The molecule has 166 valence electrons. The van der Waals surface area contributed by atoms with E-state index in [4.69, 9.17) is 9.47 Å². The van der Waals surface area contributed by atoms with Crippen LogP contribution in [0.1, 0.15) is 15.9 Å². The van der Waals surface area contributed by atoms with Crippen molar-refractivity contribution in [3.8, 4) is 34.0 Å². The van der Waals surface area contributed by atoms with E-state index in [1.165, 1.54) is 6.07 Å². The molecule has 0 aliphatic carbocycles. The quantitative estimate of drug-likeness (QED) is 0.464. The normalized spacial score (nSPS) is 12.4. The van der Waals surface area contributed by atoms with Gasteiger partial charge in [-0.25, -0.2) is 8.78 Å². The monoisotopic (exact) mass is 447 g/mol. The second kappa shape index (κ2) is 8.74. The number of carbonyl (C=O) groups excluding carboxylic acids is 1. The average molecular weight is 447 g/mol. The fourth-order valence-corrected chi connectivity index (χ4v) is 3.56. The minimum absolute atomic E-state index is 0.0356. The number of H-pyrrole nitrogens is 1. The van der Waals surface area contributed by atoms with Gasteiger partial charge in [0.1, 0.15) is 24.8 Å². The van der Waals surface area contributed by atoms with E-state index in [2.05, 4.69) is 15.5 Å². The summed E-state index contributed by atoms with van der Waals surface area (Å²) < 4.78 is 37.9. The van der Waals surface area contributed by atoms with Crippen molar-refractivity contribution in [1.82, 2.24) is 15.5 Å². The molecule has 0 unspecified atom stereocenters. The predicted octanol–water partition coefficient (Wildman–Crippen LogP) is 4.72. The van der Waals surface area contributed by atoms with Crippen molar-refractivity contribution in [2.75, 3.05) is 13.2 Å². The zero-order valence-electron chi connectivity index (χ0n) is 17.4. The van der Waals surface area contributed by atoms with Gasteiger partial charge >= 0.3 is 0 Å². The number of ether oxygens (including phenoxy) is 2. The maximum Gasteiger partial charge on any atom is 0.251 e. The van der Waals surface area contributed by atoms with Gasteiger partial charge in [0.05, 0.1) is 11.4 Å². The summed E-state index contributed by atoms with van der Waals surface area (Å²) in [5, 5.41) is 10.0. The van der Waals surface area contributed by atoms with Gasteiger partial charge in [-0.1, -0.05) is 18.2 Å². The van der Waals surface area contributed by atoms with Crippen LogP contribution < -0.4 is 14.8 Å². The van der Waals surface area contributed by atoms with Crippen LogP contribution in [0.3, 0.4) is 0 Å². The average Bonchev–Trinajstić information content (AvgIpc) is 3.33. The third-order valence-electron chi connectivity index (χ3n) is 5.33. The molecule has 0 radical (unpaired) electrons. The number of aromatic nitrogens is 2. The first kappa shape index (κ1) is 20.7. The van der Waals surface area contributed by atoms with Crippen molar-refractivity contribution in [3.63, 3.8) is 0 Å². The molecule has 2 N–H and O–H groups in total. The van der Waals surface area contributed by atoms with Crippen LogP contribution >= 0.6 is 0 Å². The van der Waals surface area contributed by atoms with Gasteiger partial charge in [-0.3, -0.25) is 9.89 Å². The molecule has 2 heterocycles. The summed E-state index contributed by atoms with van der Waals surface area (Å²) in [5.74, 6) is -0.296. The number of hydrogen-bond donors (Lipinski definition) is 2. The molecular weight excluding hydrogens is 428 g/mol. The SMILES string of the molecule is O=C(NCc1ccc(F)cc1F)c1ccc(-c2cc(-c3ccc4c(c3)OCCO4)n[nH]2)cc1. The fraction of sp³-hybridized carbons (Fsp3) is 0.120. The number of benzene rings is 3. The topological polar surface area (TPSA) is 76.2 Å². The van der Waals surface area contributed by atoms with E-state index < -0.39 is 11.6 Å². The van der Waals surface area contributed by atoms with E-state index in [-0.39, 0.29) is 18.0 Å². The molecule has 0 saturated carbocycles. The molecule has 4 aromatic rings. The molecule has 0 atom stereocenters. The van der Waals surface area contributed by atoms with Gasteiger partial charge in [0.25, 0.3) is 5.91 Å². The van der Waals surface area contributed by atoms with Gasteiger partial charge in [0.15, 0.2) is 11.5 Å². The van der Waals surface area contributed by atoms with Gasteiger partial charge in [-0.05, 0) is 48.0 Å². The number of rotatable bonds is 5. The Hall–Kier alpha value is -4.20. The van der Waals surface area contributed by atoms with Gasteiger partial charge in [0.2, 0.25) is 0 Å². The van der Waals surface area contributed by atoms with Crippen molar-refractivity contribution in [2.45, 2.75) is 6.54 Å². The van der Waals surface area contributed by atoms with Gasteiger partial charge in [0, 0.05) is 29.3 Å². The summed E-state index contributed by atoms with van der Waals surface area (Å²) in [5.41, 5.74) is 3.93. The Morgan fingerprint density at radius 2 is 1.67 bits per heavy atom. The summed E-state index contributed by atoms with van der Waals surface area (Å²) >= 11 is 0. The van der Waals surface area contributed by atoms with Crippen molar-refractivity contribution >= 4 is 5.91 Å². The molecule has 1 amide bonds. The number of nitrogens with zero attached hydrogens (tertiary/aromatic N) is 1. The molecule has 8 heteroatoms. The predicted molar refractivity (Wildman–Crippen MR) is 118 cm³/mol. The highest BCUT2D eigenvalue weighted by Gasteiger charge is 2.14. The van der Waals surface area contributed by atoms with Crippen molar-refractivity contribution in [1.29, 1.82) is 0 Å². The molecule has 1 aliphatic rings. The Bertz CT molecular complexity index is 1320. The van der Waals surface area contributed by atoms with E-state index >= 15 is 0 Å². The number of aromatic amines is 1. The number of amides is 1. The molecule has 1 aliphatic heterocycles. The molecule has 3 aromatic carbocycles. The van der Waals surface area contributed by atoms with Crippen LogP contribution in [-0.4, -0.2) is 29.3 Å². The lowest BCUT2D eigenvalue weighted by molar-refractivity contribution is 0.0950. The standard InChI is InChI=1S/C25H19F2N3O3/c26-19-7-5-18(20(27)12-19)14-28-25(31)16-3-1-15(2-4-16)21-13-22(30-29-21)17-6-8-23-24(11-17)33-10-9-32-23/h1-8,11-13H,9-10,14H2,(H,28,31)(H,29,30). The van der Waals surface area contributed by atoms with Crippen LogP contribution in [0.15, 0.2) is 66.7 Å². The zero-order chi connectivity index (χ0) is 22.8. The fourth-order valence-electron chi connectivity index (χ4n) is 3.56. The summed E-state index contributed by atoms with van der Waals surface area (Å²) in [4.78, 5) is 12.4. The molecule has 0 bridgehead atoms. The summed E-state index contributed by atoms with van der Waals surface area (Å²) in [6.07, 6.45) is 0. The first-order valence-electron chi connectivity index (χ1n) is 10.3.